The van der Waals surface area contributed by atoms with Crippen LogP contribution in [0.25, 0.3) is 0 Å². The van der Waals surface area contributed by atoms with Crippen molar-refractivity contribution in [3.8, 4) is 0 Å². The molecular formula is C29H21F2N5O. The largest absolute Gasteiger partial charge is 0.355 e. The van der Waals surface area contributed by atoms with E-state index >= 15 is 0 Å². The Hall–Kier alpha value is -4.46. The van der Waals surface area contributed by atoms with Crippen LogP contribution in [0.1, 0.15) is 32.7 Å². The molecule has 1 aliphatic carbocycles. The minimum atomic E-state index is -0.904. The van der Waals surface area contributed by atoms with E-state index < -0.39 is 11.6 Å². The number of benzene rings is 2. The molecule has 3 aliphatic rings. The quantitative estimate of drug-likeness (QED) is 0.412. The average molecular weight is 494 g/mol. The van der Waals surface area contributed by atoms with E-state index in [1.54, 1.807) is 24.5 Å². The summed E-state index contributed by atoms with van der Waals surface area (Å²) in [5.41, 5.74) is 6.04. The molecule has 37 heavy (non-hydrogen) atoms. The van der Waals surface area contributed by atoms with Crippen LogP contribution in [-0.4, -0.2) is 28.6 Å². The second-order valence-corrected chi connectivity index (χ2v) is 9.75. The summed E-state index contributed by atoms with van der Waals surface area (Å²) in [7, 11) is 0. The van der Waals surface area contributed by atoms with E-state index in [2.05, 4.69) is 38.5 Å². The average Bonchev–Trinajstić information content (AvgIpc) is 3.61. The molecule has 0 bridgehead atoms. The number of fused-ring (bicyclic) bond motifs is 4. The Morgan fingerprint density at radius 3 is 2.73 bits per heavy atom. The van der Waals surface area contributed by atoms with E-state index in [1.807, 2.05) is 18.3 Å². The Kier molecular flexibility index (Phi) is 4.73. The second kappa shape index (κ2) is 8.03. The molecule has 1 amide bonds. The Balaban J connectivity index is 1.12. The molecule has 0 fully saturated rings. The number of rotatable bonds is 3. The summed E-state index contributed by atoms with van der Waals surface area (Å²) in [5.74, 6) is -1.34. The van der Waals surface area contributed by atoms with E-state index in [1.165, 1.54) is 27.7 Å². The maximum absolute atomic E-state index is 14.2. The number of aromatic nitrogens is 2. The molecule has 4 heterocycles. The third-order valence-corrected chi connectivity index (χ3v) is 7.54. The molecule has 2 aromatic carbocycles. The fourth-order valence-electron chi connectivity index (χ4n) is 5.77. The highest BCUT2D eigenvalue weighted by Crippen LogP contribution is 2.45. The molecular weight excluding hydrogens is 472 g/mol. The predicted octanol–water partition coefficient (Wildman–Crippen LogP) is 5.45. The summed E-state index contributed by atoms with van der Waals surface area (Å²) in [6.45, 7) is 0.280. The van der Waals surface area contributed by atoms with Gasteiger partial charge in [0.1, 0.15) is 5.69 Å². The summed E-state index contributed by atoms with van der Waals surface area (Å²) >= 11 is 0. The lowest BCUT2D eigenvalue weighted by Gasteiger charge is -2.20. The number of aliphatic imine (C=N–C) groups is 1. The zero-order chi connectivity index (χ0) is 25.1. The number of anilines is 3. The number of nitrogens with zero attached hydrogens (tertiary/aromatic N) is 4. The topological polar surface area (TPSA) is 70.5 Å². The van der Waals surface area contributed by atoms with E-state index in [0.29, 0.717) is 11.4 Å². The number of carbonyl (C=O) groups is 1. The van der Waals surface area contributed by atoms with Crippen LogP contribution >= 0.6 is 0 Å². The smallest absolute Gasteiger partial charge is 0.276 e. The zero-order valence-electron chi connectivity index (χ0n) is 19.7. The van der Waals surface area contributed by atoms with Crippen LogP contribution in [0.4, 0.5) is 31.7 Å². The van der Waals surface area contributed by atoms with Crippen molar-refractivity contribution in [1.29, 1.82) is 0 Å². The van der Waals surface area contributed by atoms with Gasteiger partial charge in [-0.05, 0) is 72.9 Å². The summed E-state index contributed by atoms with van der Waals surface area (Å²) in [4.78, 5) is 27.9. The van der Waals surface area contributed by atoms with Crippen LogP contribution in [0.15, 0.2) is 72.0 Å². The molecule has 7 rings (SSSR count). The highest BCUT2D eigenvalue weighted by atomic mass is 19.2. The third kappa shape index (κ3) is 3.43. The van der Waals surface area contributed by atoms with Crippen LogP contribution in [0.5, 0.6) is 0 Å². The van der Waals surface area contributed by atoms with Gasteiger partial charge in [0.2, 0.25) is 0 Å². The summed E-state index contributed by atoms with van der Waals surface area (Å²) in [6.07, 6.45) is 7.39. The van der Waals surface area contributed by atoms with Gasteiger partial charge in [0.05, 0.1) is 5.69 Å². The Morgan fingerprint density at radius 2 is 1.81 bits per heavy atom. The molecule has 8 heteroatoms. The van der Waals surface area contributed by atoms with Gasteiger partial charge in [0, 0.05) is 53.1 Å². The van der Waals surface area contributed by atoms with Crippen molar-refractivity contribution in [2.75, 3.05) is 16.8 Å². The lowest BCUT2D eigenvalue weighted by atomic mass is 9.81. The Morgan fingerprint density at radius 1 is 0.946 bits per heavy atom. The first-order valence-electron chi connectivity index (χ1n) is 12.2. The zero-order valence-corrected chi connectivity index (χ0v) is 19.7. The number of hydrogen-bond donors (Lipinski definition) is 1. The molecule has 0 saturated heterocycles. The first kappa shape index (κ1) is 21.8. The van der Waals surface area contributed by atoms with Crippen LogP contribution in [0, 0.1) is 11.6 Å². The van der Waals surface area contributed by atoms with Crippen LogP contribution in [0.2, 0.25) is 0 Å². The van der Waals surface area contributed by atoms with Gasteiger partial charge in [-0.2, -0.15) is 0 Å². The standard InChI is InChI=1S/C29H21F2N5O/c30-23-5-6-25-21(26(23)31)8-11-36(25)28(37)24-13-20(7-10-32-24)35-19-4-3-17-14-29(15-18(17)12-19)16-34-27-22(29)2-1-9-33-27/h1-7,9-10,12-13,16H,8,11,14-15H2,(H,32,35). The number of halogens is 2. The number of hydrogen-bond acceptors (Lipinski definition) is 5. The first-order chi connectivity index (χ1) is 18.0. The molecule has 6 nitrogen and oxygen atoms in total. The SMILES string of the molecule is O=C(c1cc(Nc2ccc3c(c2)CC2(C=Nc4ncccc42)C3)ccn1)N1CCc2c1ccc(F)c2F. The number of pyridine rings is 2. The molecule has 2 aromatic heterocycles. The summed E-state index contributed by atoms with van der Waals surface area (Å²) in [6, 6.07) is 16.4. The van der Waals surface area contributed by atoms with Crippen molar-refractivity contribution in [2.24, 2.45) is 4.99 Å². The molecule has 0 saturated carbocycles. The number of amides is 1. The van der Waals surface area contributed by atoms with Crippen LogP contribution < -0.4 is 10.2 Å². The molecule has 1 atom stereocenters. The van der Waals surface area contributed by atoms with Crippen molar-refractivity contribution < 1.29 is 13.6 Å². The van der Waals surface area contributed by atoms with Crippen molar-refractivity contribution in [3.05, 3.63) is 107 Å². The molecule has 2 aliphatic heterocycles. The number of nitrogens with one attached hydrogen (secondary N) is 1. The van der Waals surface area contributed by atoms with Gasteiger partial charge in [-0.1, -0.05) is 12.1 Å². The van der Waals surface area contributed by atoms with Crippen molar-refractivity contribution >= 4 is 35.0 Å². The lowest BCUT2D eigenvalue weighted by Crippen LogP contribution is -2.29. The fraction of sp³-hybridized carbons (Fsp3) is 0.172. The normalized spacial score (nSPS) is 18.7. The van der Waals surface area contributed by atoms with Crippen LogP contribution in [0.3, 0.4) is 0 Å². The summed E-state index contributed by atoms with van der Waals surface area (Å²) < 4.78 is 27.8. The van der Waals surface area contributed by atoms with E-state index in [9.17, 15) is 13.6 Å². The minimum Gasteiger partial charge on any atom is -0.355 e. The van der Waals surface area contributed by atoms with Gasteiger partial charge in [0.15, 0.2) is 17.5 Å². The predicted molar refractivity (Wildman–Crippen MR) is 137 cm³/mol. The Bertz CT molecular complexity index is 1630. The number of carbonyl (C=O) groups excluding carboxylic acids is 1. The minimum absolute atomic E-state index is 0.144. The molecule has 1 spiro atoms. The lowest BCUT2D eigenvalue weighted by molar-refractivity contribution is 0.0984. The first-order valence-corrected chi connectivity index (χ1v) is 12.2. The van der Waals surface area contributed by atoms with Gasteiger partial charge < -0.3 is 10.2 Å². The van der Waals surface area contributed by atoms with Crippen molar-refractivity contribution in [3.63, 3.8) is 0 Å². The van der Waals surface area contributed by atoms with Gasteiger partial charge in [-0.15, -0.1) is 0 Å². The monoisotopic (exact) mass is 493 g/mol. The Labute approximate surface area is 211 Å². The maximum atomic E-state index is 14.2. The maximum Gasteiger partial charge on any atom is 0.276 e. The van der Waals surface area contributed by atoms with Gasteiger partial charge in [-0.25, -0.2) is 18.8 Å². The molecule has 1 N–H and O–H groups in total. The van der Waals surface area contributed by atoms with Crippen molar-refractivity contribution in [2.45, 2.75) is 24.7 Å². The molecule has 1 unspecified atom stereocenters. The molecule has 182 valence electrons. The molecule has 0 radical (unpaired) electrons. The van der Waals surface area contributed by atoms with Gasteiger partial charge in [-0.3, -0.25) is 9.78 Å². The van der Waals surface area contributed by atoms with Crippen molar-refractivity contribution in [1.82, 2.24) is 9.97 Å². The fourth-order valence-corrected chi connectivity index (χ4v) is 5.77. The van der Waals surface area contributed by atoms with Crippen LogP contribution in [-0.2, 0) is 24.7 Å². The van der Waals surface area contributed by atoms with E-state index in [0.717, 1.165) is 30.4 Å². The van der Waals surface area contributed by atoms with Gasteiger partial charge >= 0.3 is 0 Å². The van der Waals surface area contributed by atoms with Gasteiger partial charge in [0.25, 0.3) is 5.91 Å². The third-order valence-electron chi connectivity index (χ3n) is 7.54. The van der Waals surface area contributed by atoms with E-state index in [-0.39, 0.29) is 35.5 Å². The highest BCUT2D eigenvalue weighted by Gasteiger charge is 2.42. The summed E-state index contributed by atoms with van der Waals surface area (Å²) in [5, 5.41) is 3.39. The highest BCUT2D eigenvalue weighted by molar-refractivity contribution is 6.06. The second-order valence-electron chi connectivity index (χ2n) is 9.75. The van der Waals surface area contributed by atoms with E-state index in [4.69, 9.17) is 0 Å². The molecule has 4 aromatic rings.